The summed E-state index contributed by atoms with van der Waals surface area (Å²) in [6, 6.07) is 2.61. The van der Waals surface area contributed by atoms with Gasteiger partial charge in [-0.1, -0.05) is 18.9 Å². The Kier molecular flexibility index (Phi) is 4.12. The number of rotatable bonds is 3. The van der Waals surface area contributed by atoms with E-state index in [0.29, 0.717) is 11.5 Å². The summed E-state index contributed by atoms with van der Waals surface area (Å²) < 4.78 is 26.7. The van der Waals surface area contributed by atoms with Crippen LogP contribution in [0.1, 0.15) is 37.3 Å². The van der Waals surface area contributed by atoms with Crippen molar-refractivity contribution in [3.8, 4) is 0 Å². The molecule has 94 valence electrons. The van der Waals surface area contributed by atoms with E-state index in [1.807, 2.05) is 0 Å². The molecule has 17 heavy (non-hydrogen) atoms. The molecule has 5 heteroatoms. The van der Waals surface area contributed by atoms with Crippen molar-refractivity contribution in [2.45, 2.75) is 31.7 Å². The zero-order chi connectivity index (χ0) is 12.4. The first-order valence-corrected chi connectivity index (χ1v) is 6.54. The monoisotopic (exact) mass is 304 g/mol. The van der Waals surface area contributed by atoms with Gasteiger partial charge < -0.3 is 0 Å². The summed E-state index contributed by atoms with van der Waals surface area (Å²) in [6.45, 7) is 0. The van der Waals surface area contributed by atoms with Crippen molar-refractivity contribution in [1.29, 1.82) is 0 Å². The first kappa shape index (κ1) is 12.9. The van der Waals surface area contributed by atoms with Crippen LogP contribution in [0.25, 0.3) is 0 Å². The highest BCUT2D eigenvalue weighted by Gasteiger charge is 2.28. The third-order valence-corrected chi connectivity index (χ3v) is 4.26. The molecule has 1 atom stereocenters. The van der Waals surface area contributed by atoms with E-state index in [4.69, 9.17) is 5.84 Å². The first-order chi connectivity index (χ1) is 8.15. The maximum Gasteiger partial charge on any atom is 0.173 e. The molecule has 0 heterocycles. The maximum atomic E-state index is 13.5. The van der Waals surface area contributed by atoms with Gasteiger partial charge in [0.25, 0.3) is 0 Å². The maximum absolute atomic E-state index is 13.5. The Hall–Kier alpha value is -0.520. The van der Waals surface area contributed by atoms with Gasteiger partial charge in [-0.2, -0.15) is 0 Å². The number of halogens is 3. The molecule has 2 rings (SSSR count). The molecule has 1 aromatic carbocycles. The molecule has 0 saturated heterocycles. The molecule has 0 spiro atoms. The van der Waals surface area contributed by atoms with Gasteiger partial charge in [0.2, 0.25) is 0 Å². The molecule has 2 nitrogen and oxygen atoms in total. The fraction of sp³-hybridized carbons (Fsp3) is 0.500. The predicted molar refractivity (Wildman–Crippen MR) is 66.1 cm³/mol. The highest BCUT2D eigenvalue weighted by atomic mass is 79.9. The summed E-state index contributed by atoms with van der Waals surface area (Å²) in [6.07, 6.45) is 4.48. The first-order valence-electron chi connectivity index (χ1n) is 5.74. The average Bonchev–Trinajstić information content (AvgIpc) is 2.84. The number of hydrogen-bond donors (Lipinski definition) is 2. The third kappa shape index (κ3) is 2.51. The second kappa shape index (κ2) is 5.42. The fourth-order valence-electron chi connectivity index (χ4n) is 2.55. The van der Waals surface area contributed by atoms with E-state index in [1.54, 1.807) is 6.07 Å². The molecule has 0 aliphatic heterocycles. The van der Waals surface area contributed by atoms with E-state index in [9.17, 15) is 8.78 Å². The number of hydrogen-bond acceptors (Lipinski definition) is 2. The number of benzene rings is 1. The van der Waals surface area contributed by atoms with Gasteiger partial charge in [-0.3, -0.25) is 11.3 Å². The van der Waals surface area contributed by atoms with Crippen LogP contribution in [0.15, 0.2) is 16.6 Å². The molecular weight excluding hydrogens is 290 g/mol. The Morgan fingerprint density at radius 3 is 2.53 bits per heavy atom. The molecule has 1 aliphatic carbocycles. The molecule has 3 N–H and O–H groups in total. The van der Waals surface area contributed by atoms with Crippen LogP contribution in [0.4, 0.5) is 8.78 Å². The summed E-state index contributed by atoms with van der Waals surface area (Å²) in [5.74, 6) is 4.25. The Bertz CT molecular complexity index is 406. The van der Waals surface area contributed by atoms with Crippen molar-refractivity contribution in [3.63, 3.8) is 0 Å². The van der Waals surface area contributed by atoms with Crippen LogP contribution in [0.5, 0.6) is 0 Å². The van der Waals surface area contributed by atoms with Crippen LogP contribution >= 0.6 is 15.9 Å². The molecule has 1 unspecified atom stereocenters. The van der Waals surface area contributed by atoms with Crippen molar-refractivity contribution in [2.75, 3.05) is 0 Å². The van der Waals surface area contributed by atoms with Crippen LogP contribution in [0.2, 0.25) is 0 Å². The normalized spacial score (nSPS) is 18.6. The lowest BCUT2D eigenvalue weighted by Crippen LogP contribution is -2.33. The Morgan fingerprint density at radius 1 is 1.29 bits per heavy atom. The van der Waals surface area contributed by atoms with Crippen molar-refractivity contribution >= 4 is 15.9 Å². The summed E-state index contributed by atoms with van der Waals surface area (Å²) in [5, 5.41) is 0. The van der Waals surface area contributed by atoms with Gasteiger partial charge in [-0.05, 0) is 46.3 Å². The Balaban J connectivity index is 2.33. The minimum Gasteiger partial charge on any atom is -0.271 e. The Labute approximate surface area is 108 Å². The van der Waals surface area contributed by atoms with Crippen LogP contribution in [0, 0.1) is 17.6 Å². The van der Waals surface area contributed by atoms with Gasteiger partial charge in [0.15, 0.2) is 11.6 Å². The van der Waals surface area contributed by atoms with E-state index in [1.165, 1.54) is 12.8 Å². The SMILES string of the molecule is NNC(c1ccc(F)c(F)c1Br)C1CCCC1. The molecule has 0 bridgehead atoms. The van der Waals surface area contributed by atoms with Crippen molar-refractivity contribution < 1.29 is 8.78 Å². The lowest BCUT2D eigenvalue weighted by molar-refractivity contribution is 0.369. The van der Waals surface area contributed by atoms with E-state index >= 15 is 0 Å². The highest BCUT2D eigenvalue weighted by molar-refractivity contribution is 9.10. The van der Waals surface area contributed by atoms with E-state index in [0.717, 1.165) is 18.9 Å². The van der Waals surface area contributed by atoms with Crippen LogP contribution in [-0.2, 0) is 0 Å². The summed E-state index contributed by atoms with van der Waals surface area (Å²) in [7, 11) is 0. The standard InChI is InChI=1S/C12H15BrF2N2/c13-10-8(5-6-9(14)11(10)15)12(17-16)7-3-1-2-4-7/h5-7,12,17H,1-4,16H2. The lowest BCUT2D eigenvalue weighted by Gasteiger charge is -2.24. The molecule has 0 radical (unpaired) electrons. The summed E-state index contributed by atoms with van der Waals surface area (Å²) in [4.78, 5) is 0. The molecule has 1 aliphatic rings. The smallest absolute Gasteiger partial charge is 0.173 e. The topological polar surface area (TPSA) is 38.0 Å². The number of nitrogens with two attached hydrogens (primary N) is 1. The van der Waals surface area contributed by atoms with Crippen molar-refractivity contribution in [3.05, 3.63) is 33.8 Å². The summed E-state index contributed by atoms with van der Waals surface area (Å²) >= 11 is 3.11. The molecule has 1 fully saturated rings. The number of nitrogens with one attached hydrogen (secondary N) is 1. The zero-order valence-electron chi connectivity index (χ0n) is 9.35. The van der Waals surface area contributed by atoms with Gasteiger partial charge in [-0.25, -0.2) is 8.78 Å². The van der Waals surface area contributed by atoms with Crippen molar-refractivity contribution in [2.24, 2.45) is 11.8 Å². The van der Waals surface area contributed by atoms with Gasteiger partial charge in [-0.15, -0.1) is 0 Å². The van der Waals surface area contributed by atoms with E-state index in [2.05, 4.69) is 21.4 Å². The van der Waals surface area contributed by atoms with Crippen LogP contribution in [-0.4, -0.2) is 0 Å². The van der Waals surface area contributed by atoms with Gasteiger partial charge in [0.1, 0.15) is 0 Å². The van der Waals surface area contributed by atoms with Gasteiger partial charge >= 0.3 is 0 Å². The minimum atomic E-state index is -0.847. The molecule has 1 saturated carbocycles. The molecule has 0 aromatic heterocycles. The molecule has 0 amide bonds. The third-order valence-electron chi connectivity index (χ3n) is 3.45. The van der Waals surface area contributed by atoms with E-state index < -0.39 is 11.6 Å². The van der Waals surface area contributed by atoms with E-state index in [-0.39, 0.29) is 10.5 Å². The second-order valence-corrected chi connectivity index (χ2v) is 5.25. The lowest BCUT2D eigenvalue weighted by atomic mass is 9.92. The molecular formula is C12H15BrF2N2. The Morgan fingerprint density at radius 2 is 1.94 bits per heavy atom. The van der Waals surface area contributed by atoms with Gasteiger partial charge in [0.05, 0.1) is 4.47 Å². The predicted octanol–water partition coefficient (Wildman–Crippen LogP) is 3.42. The fourth-order valence-corrected chi connectivity index (χ4v) is 3.12. The van der Waals surface area contributed by atoms with Crippen LogP contribution in [0.3, 0.4) is 0 Å². The largest absolute Gasteiger partial charge is 0.271 e. The van der Waals surface area contributed by atoms with Crippen LogP contribution < -0.4 is 11.3 Å². The second-order valence-electron chi connectivity index (χ2n) is 4.45. The number of hydrazine groups is 1. The molecule has 1 aromatic rings. The minimum absolute atomic E-state index is 0.123. The highest BCUT2D eigenvalue weighted by Crippen LogP contribution is 2.38. The average molecular weight is 305 g/mol. The summed E-state index contributed by atoms with van der Waals surface area (Å²) in [5.41, 5.74) is 3.42. The van der Waals surface area contributed by atoms with Crippen molar-refractivity contribution in [1.82, 2.24) is 5.43 Å². The van der Waals surface area contributed by atoms with Gasteiger partial charge in [0, 0.05) is 6.04 Å². The quantitative estimate of drug-likeness (QED) is 0.510. The zero-order valence-corrected chi connectivity index (χ0v) is 10.9.